The highest BCUT2D eigenvalue weighted by molar-refractivity contribution is 5.76. The number of nitrogens with zero attached hydrogens (tertiary/aromatic N) is 2. The SMILES string of the molecule is CCCC(=O)NC1CC2(C1)CC(Nc1ccnc(-c3ccc(OC)cc3)n1)C2. The molecule has 4 rings (SSSR count). The molecular weight excluding hydrogens is 352 g/mol. The summed E-state index contributed by atoms with van der Waals surface area (Å²) in [4.78, 5) is 20.8. The van der Waals surface area contributed by atoms with Crippen LogP contribution in [-0.2, 0) is 4.79 Å². The number of carbonyl (C=O) groups excluding carboxylic acids is 1. The molecule has 148 valence electrons. The van der Waals surface area contributed by atoms with E-state index in [1.54, 1.807) is 13.3 Å². The van der Waals surface area contributed by atoms with Gasteiger partial charge in [-0.05, 0) is 67.9 Å². The van der Waals surface area contributed by atoms with Crippen molar-refractivity contribution >= 4 is 11.7 Å². The van der Waals surface area contributed by atoms with Gasteiger partial charge >= 0.3 is 0 Å². The molecule has 6 heteroatoms. The van der Waals surface area contributed by atoms with Crippen LogP contribution < -0.4 is 15.4 Å². The van der Waals surface area contributed by atoms with Crippen molar-refractivity contribution in [2.75, 3.05) is 12.4 Å². The normalized spacial score (nSPS) is 25.5. The number of ether oxygens (including phenoxy) is 1. The van der Waals surface area contributed by atoms with E-state index in [0.29, 0.717) is 29.7 Å². The Bertz CT molecular complexity index is 823. The van der Waals surface area contributed by atoms with Crippen LogP contribution in [-0.4, -0.2) is 35.1 Å². The number of aromatic nitrogens is 2. The zero-order valence-corrected chi connectivity index (χ0v) is 16.6. The summed E-state index contributed by atoms with van der Waals surface area (Å²) in [5, 5.41) is 6.70. The van der Waals surface area contributed by atoms with E-state index in [2.05, 4.69) is 20.6 Å². The number of hydrogen-bond donors (Lipinski definition) is 2. The highest BCUT2D eigenvalue weighted by Crippen LogP contribution is 2.56. The highest BCUT2D eigenvalue weighted by Gasteiger charge is 2.53. The van der Waals surface area contributed by atoms with E-state index in [9.17, 15) is 4.79 Å². The van der Waals surface area contributed by atoms with E-state index >= 15 is 0 Å². The first-order valence-electron chi connectivity index (χ1n) is 10.1. The van der Waals surface area contributed by atoms with Crippen molar-refractivity contribution in [2.24, 2.45) is 5.41 Å². The maximum Gasteiger partial charge on any atom is 0.220 e. The maximum atomic E-state index is 11.7. The van der Waals surface area contributed by atoms with Crippen LogP contribution in [0.15, 0.2) is 36.5 Å². The van der Waals surface area contributed by atoms with Crippen molar-refractivity contribution in [3.8, 4) is 17.1 Å². The molecule has 0 unspecified atom stereocenters. The number of carbonyl (C=O) groups is 1. The minimum absolute atomic E-state index is 0.198. The van der Waals surface area contributed by atoms with Crippen LogP contribution in [0.4, 0.5) is 5.82 Å². The Kier molecular flexibility index (Phi) is 5.20. The first-order valence-corrected chi connectivity index (χ1v) is 10.1. The van der Waals surface area contributed by atoms with Gasteiger partial charge in [0.15, 0.2) is 5.82 Å². The Hall–Kier alpha value is -2.63. The fourth-order valence-electron chi connectivity index (χ4n) is 4.56. The van der Waals surface area contributed by atoms with Gasteiger partial charge in [-0.3, -0.25) is 4.79 Å². The first kappa shape index (κ1) is 18.7. The smallest absolute Gasteiger partial charge is 0.220 e. The molecule has 1 spiro atoms. The van der Waals surface area contributed by atoms with E-state index in [1.807, 2.05) is 37.3 Å². The molecule has 1 amide bonds. The largest absolute Gasteiger partial charge is 0.497 e. The summed E-state index contributed by atoms with van der Waals surface area (Å²) < 4.78 is 5.20. The van der Waals surface area contributed by atoms with Crippen LogP contribution in [0.3, 0.4) is 0 Å². The average molecular weight is 380 g/mol. The predicted molar refractivity (Wildman–Crippen MR) is 109 cm³/mol. The lowest BCUT2D eigenvalue weighted by Gasteiger charge is -2.58. The second-order valence-electron chi connectivity index (χ2n) is 8.17. The molecule has 2 aliphatic rings. The van der Waals surface area contributed by atoms with Crippen LogP contribution in [0.1, 0.15) is 45.4 Å². The number of benzene rings is 1. The van der Waals surface area contributed by atoms with Crippen molar-refractivity contribution in [3.63, 3.8) is 0 Å². The van der Waals surface area contributed by atoms with Gasteiger partial charge in [0.25, 0.3) is 0 Å². The van der Waals surface area contributed by atoms with E-state index in [-0.39, 0.29) is 5.91 Å². The molecule has 6 nitrogen and oxygen atoms in total. The summed E-state index contributed by atoms with van der Waals surface area (Å²) in [6.07, 6.45) is 7.87. The fraction of sp³-hybridized carbons (Fsp3) is 0.500. The Morgan fingerprint density at radius 3 is 2.54 bits per heavy atom. The van der Waals surface area contributed by atoms with Gasteiger partial charge in [-0.15, -0.1) is 0 Å². The molecule has 0 bridgehead atoms. The third kappa shape index (κ3) is 3.96. The lowest BCUT2D eigenvalue weighted by molar-refractivity contribution is -0.124. The Morgan fingerprint density at radius 1 is 1.14 bits per heavy atom. The molecule has 0 atom stereocenters. The van der Waals surface area contributed by atoms with Gasteiger partial charge in [-0.2, -0.15) is 0 Å². The van der Waals surface area contributed by atoms with Crippen molar-refractivity contribution < 1.29 is 9.53 Å². The van der Waals surface area contributed by atoms with E-state index in [1.165, 1.54) is 0 Å². The van der Waals surface area contributed by atoms with Crippen LogP contribution in [0.25, 0.3) is 11.4 Å². The molecule has 2 saturated carbocycles. The van der Waals surface area contributed by atoms with Crippen LogP contribution >= 0.6 is 0 Å². The molecule has 1 aromatic heterocycles. The summed E-state index contributed by atoms with van der Waals surface area (Å²) in [5.74, 6) is 2.60. The summed E-state index contributed by atoms with van der Waals surface area (Å²) in [6.45, 7) is 2.04. The topological polar surface area (TPSA) is 76.1 Å². The van der Waals surface area contributed by atoms with Gasteiger partial charge in [0.1, 0.15) is 11.6 Å². The molecule has 0 saturated heterocycles. The molecule has 2 N–H and O–H groups in total. The number of amides is 1. The maximum absolute atomic E-state index is 11.7. The van der Waals surface area contributed by atoms with E-state index < -0.39 is 0 Å². The van der Waals surface area contributed by atoms with Gasteiger partial charge in [-0.1, -0.05) is 6.92 Å². The van der Waals surface area contributed by atoms with Crippen LogP contribution in [0, 0.1) is 5.41 Å². The minimum Gasteiger partial charge on any atom is -0.497 e. The van der Waals surface area contributed by atoms with Crippen molar-refractivity contribution in [1.82, 2.24) is 15.3 Å². The summed E-state index contributed by atoms with van der Waals surface area (Å²) in [6, 6.07) is 10.5. The zero-order valence-electron chi connectivity index (χ0n) is 16.6. The van der Waals surface area contributed by atoms with Crippen molar-refractivity contribution in [1.29, 1.82) is 0 Å². The number of nitrogens with one attached hydrogen (secondary N) is 2. The van der Waals surface area contributed by atoms with Crippen molar-refractivity contribution in [3.05, 3.63) is 36.5 Å². The number of methoxy groups -OCH3 is 1. The second-order valence-corrected chi connectivity index (χ2v) is 8.17. The average Bonchev–Trinajstić information content (AvgIpc) is 2.65. The lowest BCUT2D eigenvalue weighted by Crippen LogP contribution is -2.59. The molecule has 2 aromatic rings. The molecule has 2 aliphatic carbocycles. The summed E-state index contributed by atoms with van der Waals surface area (Å²) in [7, 11) is 1.66. The Labute approximate surface area is 166 Å². The van der Waals surface area contributed by atoms with Gasteiger partial charge in [0, 0.05) is 30.3 Å². The molecule has 0 aliphatic heterocycles. The van der Waals surface area contributed by atoms with E-state index in [4.69, 9.17) is 4.74 Å². The quantitative estimate of drug-likeness (QED) is 0.764. The van der Waals surface area contributed by atoms with Gasteiger partial charge < -0.3 is 15.4 Å². The van der Waals surface area contributed by atoms with Gasteiger partial charge in [-0.25, -0.2) is 9.97 Å². The molecule has 2 fully saturated rings. The number of rotatable bonds is 7. The fourth-order valence-corrected chi connectivity index (χ4v) is 4.56. The summed E-state index contributed by atoms with van der Waals surface area (Å²) in [5.41, 5.74) is 1.40. The Morgan fingerprint density at radius 2 is 1.86 bits per heavy atom. The van der Waals surface area contributed by atoms with Crippen LogP contribution in [0.2, 0.25) is 0 Å². The summed E-state index contributed by atoms with van der Waals surface area (Å²) >= 11 is 0. The molecular formula is C22H28N4O2. The lowest BCUT2D eigenvalue weighted by atomic mass is 9.52. The molecule has 28 heavy (non-hydrogen) atoms. The highest BCUT2D eigenvalue weighted by atomic mass is 16.5. The van der Waals surface area contributed by atoms with Crippen molar-refractivity contribution in [2.45, 2.75) is 57.5 Å². The third-order valence-corrected chi connectivity index (χ3v) is 5.92. The number of hydrogen-bond acceptors (Lipinski definition) is 5. The molecule has 1 heterocycles. The molecule has 1 aromatic carbocycles. The van der Waals surface area contributed by atoms with Gasteiger partial charge in [0.2, 0.25) is 5.91 Å². The van der Waals surface area contributed by atoms with E-state index in [0.717, 1.165) is 49.2 Å². The second kappa shape index (κ2) is 7.78. The van der Waals surface area contributed by atoms with Crippen LogP contribution in [0.5, 0.6) is 5.75 Å². The minimum atomic E-state index is 0.198. The van der Waals surface area contributed by atoms with Gasteiger partial charge in [0.05, 0.1) is 7.11 Å². The standard InChI is InChI=1S/C22H28N4O2/c1-3-4-20(27)25-17-13-22(14-17)11-16(12-22)24-19-9-10-23-21(26-19)15-5-7-18(28-2)8-6-15/h5-10,16-17H,3-4,11-14H2,1-2H3,(H,25,27)(H,23,24,26). The predicted octanol–water partition coefficient (Wildman–Crippen LogP) is 3.79. The zero-order chi connectivity index (χ0) is 19.6. The Balaban J connectivity index is 1.28. The monoisotopic (exact) mass is 380 g/mol. The molecule has 0 radical (unpaired) electrons. The third-order valence-electron chi connectivity index (χ3n) is 5.92. The first-order chi connectivity index (χ1) is 13.6. The number of anilines is 1.